The van der Waals surface area contributed by atoms with Crippen LogP contribution in [0.5, 0.6) is 0 Å². The first-order valence-electron chi connectivity index (χ1n) is 10.3. The third-order valence-electron chi connectivity index (χ3n) is 5.20. The molecule has 3 aromatic carbocycles. The van der Waals surface area contributed by atoms with Gasteiger partial charge < -0.3 is 5.32 Å². The molecule has 0 aliphatic rings. The Kier molecular flexibility index (Phi) is 6.63. The highest BCUT2D eigenvalue weighted by molar-refractivity contribution is 8.00. The summed E-state index contributed by atoms with van der Waals surface area (Å²) in [5, 5.41) is 4.13. The number of halogens is 1. The summed E-state index contributed by atoms with van der Waals surface area (Å²) in [5.41, 5.74) is 2.64. The number of hydrogen-bond acceptors (Lipinski definition) is 4. The SMILES string of the molecule is CCC(Sc1nc2ccccc2c(=O)n1-c1ccccc1)C(=O)Nc1cccc(Cl)c1C. The maximum absolute atomic E-state index is 13.4. The van der Waals surface area contributed by atoms with Gasteiger partial charge in [0.1, 0.15) is 0 Å². The molecule has 0 saturated carbocycles. The smallest absolute Gasteiger partial charge is 0.266 e. The molecular weight excluding hydrogens is 442 g/mol. The Morgan fingerprint density at radius 1 is 1.06 bits per heavy atom. The first kappa shape index (κ1) is 22.1. The molecule has 1 heterocycles. The number of para-hydroxylation sites is 2. The highest BCUT2D eigenvalue weighted by Gasteiger charge is 2.23. The lowest BCUT2D eigenvalue weighted by Crippen LogP contribution is -2.27. The van der Waals surface area contributed by atoms with Gasteiger partial charge in [-0.05, 0) is 55.3 Å². The predicted octanol–water partition coefficient (Wildman–Crippen LogP) is 5.86. The fourth-order valence-electron chi connectivity index (χ4n) is 3.40. The van der Waals surface area contributed by atoms with Crippen molar-refractivity contribution in [1.82, 2.24) is 9.55 Å². The standard InChI is InChI=1S/C25H22ClN3O2S/c1-3-22(23(30)27-20-15-9-13-19(26)16(20)2)32-25-28-21-14-8-7-12-18(21)24(31)29(25)17-10-5-4-6-11-17/h4-15,22H,3H2,1-2H3,(H,27,30). The summed E-state index contributed by atoms with van der Waals surface area (Å²) in [7, 11) is 0. The van der Waals surface area contributed by atoms with E-state index in [-0.39, 0.29) is 11.5 Å². The number of thioether (sulfide) groups is 1. The maximum Gasteiger partial charge on any atom is 0.266 e. The largest absolute Gasteiger partial charge is 0.325 e. The molecule has 1 atom stereocenters. The quantitative estimate of drug-likeness (QED) is 0.287. The van der Waals surface area contributed by atoms with E-state index >= 15 is 0 Å². The predicted molar refractivity (Wildman–Crippen MR) is 132 cm³/mol. The van der Waals surface area contributed by atoms with Crippen LogP contribution in [0, 0.1) is 6.92 Å². The van der Waals surface area contributed by atoms with Gasteiger partial charge in [0.15, 0.2) is 5.16 Å². The Bertz CT molecular complexity index is 1340. The molecule has 1 aromatic heterocycles. The molecule has 32 heavy (non-hydrogen) atoms. The van der Waals surface area contributed by atoms with Crippen molar-refractivity contribution in [2.75, 3.05) is 5.32 Å². The van der Waals surface area contributed by atoms with Crippen LogP contribution in [-0.2, 0) is 4.79 Å². The number of hydrogen-bond donors (Lipinski definition) is 1. The lowest BCUT2D eigenvalue weighted by molar-refractivity contribution is -0.115. The van der Waals surface area contributed by atoms with Crippen molar-refractivity contribution in [3.63, 3.8) is 0 Å². The molecule has 1 N–H and O–H groups in total. The minimum Gasteiger partial charge on any atom is -0.325 e. The number of fused-ring (bicyclic) bond motifs is 1. The van der Waals surface area contributed by atoms with E-state index in [4.69, 9.17) is 16.6 Å². The Balaban J connectivity index is 1.74. The average molecular weight is 464 g/mol. The fraction of sp³-hybridized carbons (Fsp3) is 0.160. The van der Waals surface area contributed by atoms with Crippen LogP contribution < -0.4 is 10.9 Å². The molecular formula is C25H22ClN3O2S. The van der Waals surface area contributed by atoms with Crippen LogP contribution in [-0.4, -0.2) is 20.7 Å². The molecule has 0 aliphatic carbocycles. The number of amides is 1. The molecule has 0 radical (unpaired) electrons. The summed E-state index contributed by atoms with van der Waals surface area (Å²) in [5.74, 6) is -0.162. The van der Waals surface area contributed by atoms with Crippen LogP contribution in [0.4, 0.5) is 5.69 Å². The summed E-state index contributed by atoms with van der Waals surface area (Å²) >= 11 is 7.48. The molecule has 0 bridgehead atoms. The van der Waals surface area contributed by atoms with E-state index in [1.54, 1.807) is 22.8 Å². The maximum atomic E-state index is 13.4. The zero-order chi connectivity index (χ0) is 22.7. The number of carbonyl (C=O) groups excluding carboxylic acids is 1. The molecule has 0 aliphatic heterocycles. The molecule has 1 unspecified atom stereocenters. The number of carbonyl (C=O) groups is 1. The number of nitrogens with one attached hydrogen (secondary N) is 1. The fourth-order valence-corrected chi connectivity index (χ4v) is 4.61. The zero-order valence-electron chi connectivity index (χ0n) is 17.7. The van der Waals surface area contributed by atoms with Gasteiger partial charge in [-0.3, -0.25) is 14.2 Å². The molecule has 7 heteroatoms. The zero-order valence-corrected chi connectivity index (χ0v) is 19.3. The highest BCUT2D eigenvalue weighted by Crippen LogP contribution is 2.29. The van der Waals surface area contributed by atoms with Crippen LogP contribution in [0.15, 0.2) is 82.7 Å². The number of aromatic nitrogens is 2. The second kappa shape index (κ2) is 9.59. The Hall–Kier alpha value is -3.09. The van der Waals surface area contributed by atoms with E-state index in [1.807, 2.05) is 68.4 Å². The molecule has 0 saturated heterocycles. The lowest BCUT2D eigenvalue weighted by Gasteiger charge is -2.19. The van der Waals surface area contributed by atoms with Crippen molar-refractivity contribution in [1.29, 1.82) is 0 Å². The summed E-state index contributed by atoms with van der Waals surface area (Å²) in [6, 6.07) is 22.0. The Morgan fingerprint density at radius 3 is 2.53 bits per heavy atom. The Morgan fingerprint density at radius 2 is 1.78 bits per heavy atom. The third-order valence-corrected chi connectivity index (χ3v) is 6.92. The van der Waals surface area contributed by atoms with Crippen molar-refractivity contribution >= 4 is 45.9 Å². The third kappa shape index (κ3) is 4.42. The topological polar surface area (TPSA) is 64.0 Å². The van der Waals surface area contributed by atoms with Gasteiger partial charge in [0.05, 0.1) is 21.8 Å². The molecule has 5 nitrogen and oxygen atoms in total. The normalized spacial score (nSPS) is 12.0. The lowest BCUT2D eigenvalue weighted by atomic mass is 10.2. The van der Waals surface area contributed by atoms with Gasteiger partial charge in [-0.1, -0.05) is 66.7 Å². The summed E-state index contributed by atoms with van der Waals surface area (Å²) in [6.07, 6.45) is 0.563. The molecule has 0 spiro atoms. The van der Waals surface area contributed by atoms with Crippen molar-refractivity contribution in [2.45, 2.75) is 30.7 Å². The van der Waals surface area contributed by atoms with Crippen molar-refractivity contribution in [3.8, 4) is 5.69 Å². The van der Waals surface area contributed by atoms with E-state index in [0.29, 0.717) is 38.9 Å². The minimum absolute atomic E-state index is 0.162. The van der Waals surface area contributed by atoms with E-state index in [2.05, 4.69) is 5.32 Å². The van der Waals surface area contributed by atoms with E-state index in [0.717, 1.165) is 5.56 Å². The van der Waals surface area contributed by atoms with Crippen molar-refractivity contribution in [3.05, 3.63) is 93.7 Å². The number of benzene rings is 3. The van der Waals surface area contributed by atoms with Crippen LogP contribution in [0.25, 0.3) is 16.6 Å². The number of anilines is 1. The second-order valence-corrected chi connectivity index (χ2v) is 8.88. The van der Waals surface area contributed by atoms with Gasteiger partial charge in [0, 0.05) is 10.7 Å². The molecule has 162 valence electrons. The summed E-state index contributed by atoms with van der Waals surface area (Å²) in [4.78, 5) is 31.2. The number of rotatable bonds is 6. The van der Waals surface area contributed by atoms with Crippen LogP contribution in [0.2, 0.25) is 5.02 Å². The van der Waals surface area contributed by atoms with Crippen molar-refractivity contribution < 1.29 is 4.79 Å². The molecule has 4 aromatic rings. The van der Waals surface area contributed by atoms with E-state index in [9.17, 15) is 9.59 Å². The minimum atomic E-state index is -0.448. The highest BCUT2D eigenvalue weighted by atomic mass is 35.5. The van der Waals surface area contributed by atoms with Gasteiger partial charge in [0.2, 0.25) is 5.91 Å². The monoisotopic (exact) mass is 463 g/mol. The van der Waals surface area contributed by atoms with Gasteiger partial charge in [-0.15, -0.1) is 0 Å². The van der Waals surface area contributed by atoms with Gasteiger partial charge in [0.25, 0.3) is 5.56 Å². The van der Waals surface area contributed by atoms with Gasteiger partial charge >= 0.3 is 0 Å². The Labute approximate surface area is 195 Å². The average Bonchev–Trinajstić information content (AvgIpc) is 2.81. The van der Waals surface area contributed by atoms with Gasteiger partial charge in [-0.25, -0.2) is 4.98 Å². The summed E-state index contributed by atoms with van der Waals surface area (Å²) in [6.45, 7) is 3.80. The van der Waals surface area contributed by atoms with E-state index < -0.39 is 5.25 Å². The first-order chi connectivity index (χ1) is 15.5. The van der Waals surface area contributed by atoms with Crippen LogP contribution >= 0.6 is 23.4 Å². The van der Waals surface area contributed by atoms with Crippen LogP contribution in [0.1, 0.15) is 18.9 Å². The summed E-state index contributed by atoms with van der Waals surface area (Å²) < 4.78 is 1.58. The van der Waals surface area contributed by atoms with Gasteiger partial charge in [-0.2, -0.15) is 0 Å². The van der Waals surface area contributed by atoms with E-state index in [1.165, 1.54) is 11.8 Å². The molecule has 1 amide bonds. The van der Waals surface area contributed by atoms with Crippen LogP contribution in [0.3, 0.4) is 0 Å². The second-order valence-electron chi connectivity index (χ2n) is 7.30. The molecule has 4 rings (SSSR count). The first-order valence-corrected chi connectivity index (χ1v) is 11.5. The number of nitrogens with zero attached hydrogens (tertiary/aromatic N) is 2. The molecule has 0 fully saturated rings. The van der Waals surface area contributed by atoms with Crippen molar-refractivity contribution in [2.24, 2.45) is 0 Å².